The lowest BCUT2D eigenvalue weighted by Crippen LogP contribution is -2.37. The van der Waals surface area contributed by atoms with Crippen molar-refractivity contribution < 1.29 is 13.6 Å². The Morgan fingerprint density at radius 1 is 1.30 bits per heavy atom. The summed E-state index contributed by atoms with van der Waals surface area (Å²) in [5.41, 5.74) is 0.686. The highest BCUT2D eigenvalue weighted by molar-refractivity contribution is 5.92. The Hall–Kier alpha value is -2.24. The molecule has 0 spiro atoms. The molecule has 2 N–H and O–H groups in total. The Morgan fingerprint density at radius 3 is 2.52 bits per heavy atom. The molecule has 1 heterocycles. The summed E-state index contributed by atoms with van der Waals surface area (Å²) in [6.45, 7) is 6.10. The van der Waals surface area contributed by atoms with Crippen LogP contribution >= 0.6 is 0 Å². The summed E-state index contributed by atoms with van der Waals surface area (Å²) in [6, 6.07) is 11.0. The van der Waals surface area contributed by atoms with E-state index >= 15 is 0 Å². The Bertz CT molecular complexity index is 653. The fourth-order valence-electron chi connectivity index (χ4n) is 2.69. The van der Waals surface area contributed by atoms with E-state index in [4.69, 9.17) is 0 Å². The maximum Gasteiger partial charge on any atom is 0.279 e. The number of carbonyl (C=O) groups is 1. The van der Waals surface area contributed by atoms with Crippen molar-refractivity contribution in [3.8, 4) is 0 Å². The predicted octanol–water partition coefficient (Wildman–Crippen LogP) is 3.83. The number of nitrogens with one attached hydrogen (secondary N) is 2. The van der Waals surface area contributed by atoms with Crippen molar-refractivity contribution in [3.63, 3.8) is 0 Å². The fraction of sp³-hybridized carbons (Fsp3) is 0.412. The van der Waals surface area contributed by atoms with Gasteiger partial charge in [0.2, 0.25) is 0 Å². The third-order valence-corrected chi connectivity index (χ3v) is 3.81. The minimum Gasteiger partial charge on any atom is -0.348 e. The van der Waals surface area contributed by atoms with Crippen LogP contribution in [0.4, 0.5) is 8.78 Å². The number of alkyl halides is 2. The van der Waals surface area contributed by atoms with E-state index in [1.165, 1.54) is 5.56 Å². The van der Waals surface area contributed by atoms with Crippen molar-refractivity contribution >= 4 is 5.91 Å². The van der Waals surface area contributed by atoms with Gasteiger partial charge in [-0.25, -0.2) is 8.78 Å². The third-order valence-electron chi connectivity index (χ3n) is 3.81. The molecule has 2 rings (SSSR count). The van der Waals surface area contributed by atoms with Crippen molar-refractivity contribution in [1.82, 2.24) is 15.5 Å². The van der Waals surface area contributed by atoms with E-state index in [0.29, 0.717) is 0 Å². The molecule has 6 heteroatoms. The van der Waals surface area contributed by atoms with E-state index in [-0.39, 0.29) is 22.8 Å². The van der Waals surface area contributed by atoms with Gasteiger partial charge in [0.05, 0.1) is 0 Å². The molecule has 1 aromatic carbocycles. The summed E-state index contributed by atoms with van der Waals surface area (Å²) in [5.74, 6) is -0.454. The number of rotatable bonds is 6. The Labute approximate surface area is 134 Å². The molecule has 0 bridgehead atoms. The number of amides is 1. The first-order valence-corrected chi connectivity index (χ1v) is 7.49. The molecule has 1 amide bonds. The van der Waals surface area contributed by atoms with Crippen LogP contribution in [0, 0.1) is 0 Å². The SMILES string of the molecule is CC(CC(C)(C)c1ccccc1)NC(=O)c1cc(C(F)F)[nH]n1. The quantitative estimate of drug-likeness (QED) is 0.849. The minimum absolute atomic E-state index is 0.0235. The Morgan fingerprint density at radius 2 is 1.96 bits per heavy atom. The Kier molecular flexibility index (Phi) is 5.13. The highest BCUT2D eigenvalue weighted by atomic mass is 19.3. The molecule has 0 saturated heterocycles. The lowest BCUT2D eigenvalue weighted by Gasteiger charge is -2.29. The molecule has 124 valence electrons. The number of hydrogen-bond acceptors (Lipinski definition) is 2. The van der Waals surface area contributed by atoms with Crippen LogP contribution in [0.5, 0.6) is 0 Å². The number of carbonyl (C=O) groups excluding carboxylic acids is 1. The van der Waals surface area contributed by atoms with E-state index in [2.05, 4.69) is 41.5 Å². The first kappa shape index (κ1) is 17.1. The second-order valence-corrected chi connectivity index (χ2v) is 6.34. The number of aromatic nitrogens is 2. The van der Waals surface area contributed by atoms with Crippen LogP contribution in [0.15, 0.2) is 36.4 Å². The molecule has 0 aliphatic heterocycles. The molecule has 23 heavy (non-hydrogen) atoms. The number of hydrogen-bond donors (Lipinski definition) is 2. The lowest BCUT2D eigenvalue weighted by atomic mass is 9.79. The highest BCUT2D eigenvalue weighted by Gasteiger charge is 2.25. The zero-order chi connectivity index (χ0) is 17.0. The normalized spacial score (nSPS) is 13.1. The lowest BCUT2D eigenvalue weighted by molar-refractivity contribution is 0.0929. The third kappa shape index (κ3) is 4.37. The predicted molar refractivity (Wildman–Crippen MR) is 84.6 cm³/mol. The number of nitrogens with zero attached hydrogens (tertiary/aromatic N) is 1. The van der Waals surface area contributed by atoms with Crippen molar-refractivity contribution in [2.45, 2.75) is 45.1 Å². The van der Waals surface area contributed by atoms with Gasteiger partial charge >= 0.3 is 0 Å². The fourth-order valence-corrected chi connectivity index (χ4v) is 2.69. The van der Waals surface area contributed by atoms with Crippen LogP contribution in [-0.2, 0) is 5.41 Å². The number of aromatic amines is 1. The van der Waals surface area contributed by atoms with Crippen LogP contribution in [0.2, 0.25) is 0 Å². The van der Waals surface area contributed by atoms with Crippen molar-refractivity contribution in [2.24, 2.45) is 0 Å². The molecule has 0 radical (unpaired) electrons. The van der Waals surface area contributed by atoms with Crippen LogP contribution in [0.25, 0.3) is 0 Å². The van der Waals surface area contributed by atoms with E-state index in [1.54, 1.807) is 0 Å². The van der Waals surface area contributed by atoms with Gasteiger partial charge in [-0.15, -0.1) is 0 Å². The van der Waals surface area contributed by atoms with Crippen LogP contribution < -0.4 is 5.32 Å². The van der Waals surface area contributed by atoms with E-state index in [9.17, 15) is 13.6 Å². The highest BCUT2D eigenvalue weighted by Crippen LogP contribution is 2.28. The van der Waals surface area contributed by atoms with Gasteiger partial charge in [0.15, 0.2) is 0 Å². The summed E-state index contributed by atoms with van der Waals surface area (Å²) in [7, 11) is 0. The first-order chi connectivity index (χ1) is 10.8. The standard InChI is InChI=1S/C17H21F2N3O/c1-11(10-17(2,3)12-7-5-4-6-8-12)20-16(23)14-9-13(15(18)19)21-22-14/h4-9,11,15H,10H2,1-3H3,(H,20,23)(H,21,22). The number of H-pyrrole nitrogens is 1. The monoisotopic (exact) mass is 321 g/mol. The summed E-state index contributed by atoms with van der Waals surface area (Å²) < 4.78 is 25.0. The minimum atomic E-state index is -2.67. The number of benzene rings is 1. The Balaban J connectivity index is 1.98. The second-order valence-electron chi connectivity index (χ2n) is 6.34. The van der Waals surface area contributed by atoms with Crippen molar-refractivity contribution in [3.05, 3.63) is 53.3 Å². The topological polar surface area (TPSA) is 57.8 Å². The first-order valence-electron chi connectivity index (χ1n) is 7.49. The van der Waals surface area contributed by atoms with Gasteiger partial charge in [0.1, 0.15) is 11.4 Å². The summed E-state index contributed by atoms with van der Waals surface area (Å²) in [6.07, 6.45) is -1.95. The van der Waals surface area contributed by atoms with E-state index < -0.39 is 12.3 Å². The average molecular weight is 321 g/mol. The molecule has 0 fully saturated rings. The van der Waals surface area contributed by atoms with E-state index in [1.807, 2.05) is 25.1 Å². The van der Waals surface area contributed by atoms with Gasteiger partial charge in [-0.3, -0.25) is 9.89 Å². The smallest absolute Gasteiger partial charge is 0.279 e. The molecule has 0 aliphatic rings. The van der Waals surface area contributed by atoms with Gasteiger partial charge < -0.3 is 5.32 Å². The summed E-state index contributed by atoms with van der Waals surface area (Å²) in [5, 5.41) is 8.61. The van der Waals surface area contributed by atoms with Gasteiger partial charge in [0.25, 0.3) is 12.3 Å². The summed E-state index contributed by atoms with van der Waals surface area (Å²) >= 11 is 0. The largest absolute Gasteiger partial charge is 0.348 e. The molecular weight excluding hydrogens is 300 g/mol. The molecule has 4 nitrogen and oxygen atoms in total. The maximum atomic E-state index is 12.5. The molecule has 2 aromatic rings. The zero-order valence-corrected chi connectivity index (χ0v) is 13.4. The molecule has 1 unspecified atom stereocenters. The van der Waals surface area contributed by atoms with Crippen molar-refractivity contribution in [1.29, 1.82) is 0 Å². The molecule has 0 aliphatic carbocycles. The van der Waals surface area contributed by atoms with Crippen LogP contribution in [-0.4, -0.2) is 22.1 Å². The van der Waals surface area contributed by atoms with Crippen LogP contribution in [0.3, 0.4) is 0 Å². The summed E-state index contributed by atoms with van der Waals surface area (Å²) in [4.78, 5) is 12.1. The van der Waals surface area contributed by atoms with Gasteiger partial charge in [-0.1, -0.05) is 44.2 Å². The van der Waals surface area contributed by atoms with Gasteiger partial charge in [0, 0.05) is 6.04 Å². The molecule has 1 atom stereocenters. The maximum absolute atomic E-state index is 12.5. The molecule has 1 aromatic heterocycles. The average Bonchev–Trinajstić information content (AvgIpc) is 2.97. The van der Waals surface area contributed by atoms with Gasteiger partial charge in [-0.05, 0) is 30.4 Å². The van der Waals surface area contributed by atoms with Gasteiger partial charge in [-0.2, -0.15) is 5.10 Å². The van der Waals surface area contributed by atoms with E-state index in [0.717, 1.165) is 12.5 Å². The molecular formula is C17H21F2N3O. The van der Waals surface area contributed by atoms with Crippen LogP contribution in [0.1, 0.15) is 55.4 Å². The molecule has 0 saturated carbocycles. The zero-order valence-electron chi connectivity index (χ0n) is 13.4. The van der Waals surface area contributed by atoms with Crippen molar-refractivity contribution in [2.75, 3.05) is 0 Å². The second kappa shape index (κ2) is 6.89. The number of halogens is 2.